The van der Waals surface area contributed by atoms with Gasteiger partial charge in [-0.25, -0.2) is 0 Å². The molecule has 0 bridgehead atoms. The molecule has 0 radical (unpaired) electrons. The topological polar surface area (TPSA) is 64.4 Å². The third kappa shape index (κ3) is 5.03. The summed E-state index contributed by atoms with van der Waals surface area (Å²) < 4.78 is 28.0. The first-order chi connectivity index (χ1) is 7.90. The molecule has 1 aromatic rings. The second kappa shape index (κ2) is 7.35. The van der Waals surface area contributed by atoms with Crippen molar-refractivity contribution in [1.29, 1.82) is 0 Å². The average molecular weight is 301 g/mol. The number of halogens is 4. The lowest BCUT2D eigenvalue weighted by molar-refractivity contribution is -0.117. The fourth-order valence-corrected chi connectivity index (χ4v) is 1.25. The van der Waals surface area contributed by atoms with Crippen molar-refractivity contribution in [3.63, 3.8) is 0 Å². The van der Waals surface area contributed by atoms with Crippen molar-refractivity contribution in [2.75, 3.05) is 5.32 Å². The van der Waals surface area contributed by atoms with E-state index in [0.717, 1.165) is 0 Å². The van der Waals surface area contributed by atoms with Crippen LogP contribution in [0, 0.1) is 0 Å². The number of nitrogens with two attached hydrogens (primary N) is 1. The summed E-state index contributed by atoms with van der Waals surface area (Å²) in [6.45, 7) is -1.43. The van der Waals surface area contributed by atoms with Gasteiger partial charge in [-0.1, -0.05) is 11.6 Å². The highest BCUT2D eigenvalue weighted by Crippen LogP contribution is 2.28. The second-order valence-electron chi connectivity index (χ2n) is 3.30. The van der Waals surface area contributed by atoms with Gasteiger partial charge in [-0.2, -0.15) is 8.78 Å². The fraction of sp³-hybridized carbons (Fsp3) is 0.300. The molecule has 4 nitrogen and oxygen atoms in total. The number of amides is 1. The summed E-state index contributed by atoms with van der Waals surface area (Å²) >= 11 is 5.70. The van der Waals surface area contributed by atoms with Crippen molar-refractivity contribution in [3.8, 4) is 5.75 Å². The van der Waals surface area contributed by atoms with Crippen LogP contribution < -0.4 is 15.8 Å². The van der Waals surface area contributed by atoms with E-state index in [9.17, 15) is 13.6 Å². The summed E-state index contributed by atoms with van der Waals surface area (Å²) in [7, 11) is 0. The highest BCUT2D eigenvalue weighted by atomic mass is 35.5. The van der Waals surface area contributed by atoms with E-state index in [-0.39, 0.29) is 23.2 Å². The van der Waals surface area contributed by atoms with Gasteiger partial charge in [0, 0.05) is 5.69 Å². The third-order valence-corrected chi connectivity index (χ3v) is 2.12. The van der Waals surface area contributed by atoms with Gasteiger partial charge in [0.25, 0.3) is 0 Å². The molecule has 0 heterocycles. The van der Waals surface area contributed by atoms with Crippen LogP contribution in [0.3, 0.4) is 0 Å². The highest BCUT2D eigenvalue weighted by molar-refractivity contribution is 6.32. The van der Waals surface area contributed by atoms with Gasteiger partial charge in [0.15, 0.2) is 0 Å². The number of nitrogens with one attached hydrogen (secondary N) is 1. The van der Waals surface area contributed by atoms with Crippen LogP contribution in [0.25, 0.3) is 0 Å². The molecule has 0 saturated carbocycles. The van der Waals surface area contributed by atoms with E-state index in [2.05, 4.69) is 10.1 Å². The molecule has 1 rings (SSSR count). The zero-order valence-electron chi connectivity index (χ0n) is 9.32. The van der Waals surface area contributed by atoms with Crippen LogP contribution in [0.2, 0.25) is 5.02 Å². The number of carbonyl (C=O) groups excluding carboxylic acids is 1. The molecular formula is C10H12Cl2F2N2O2. The van der Waals surface area contributed by atoms with Crippen molar-refractivity contribution in [1.82, 2.24) is 0 Å². The van der Waals surface area contributed by atoms with Crippen LogP contribution in [0.4, 0.5) is 14.5 Å². The van der Waals surface area contributed by atoms with Crippen molar-refractivity contribution < 1.29 is 18.3 Å². The summed E-state index contributed by atoms with van der Waals surface area (Å²) in [5, 5.41) is 2.45. The van der Waals surface area contributed by atoms with Gasteiger partial charge < -0.3 is 15.8 Å². The number of benzene rings is 1. The lowest BCUT2D eigenvalue weighted by Crippen LogP contribution is -2.32. The molecule has 1 atom stereocenters. The Kier molecular flexibility index (Phi) is 6.90. The Bertz CT molecular complexity index is 417. The van der Waals surface area contributed by atoms with Gasteiger partial charge in [0.1, 0.15) is 5.75 Å². The van der Waals surface area contributed by atoms with Gasteiger partial charge in [0.05, 0.1) is 11.1 Å². The zero-order valence-corrected chi connectivity index (χ0v) is 10.9. The largest absolute Gasteiger partial charge is 0.433 e. The molecular weight excluding hydrogens is 289 g/mol. The minimum absolute atomic E-state index is 0. The lowest BCUT2D eigenvalue weighted by atomic mass is 10.2. The number of alkyl halides is 2. The minimum Gasteiger partial charge on any atom is -0.433 e. The van der Waals surface area contributed by atoms with Crippen LogP contribution in [0.1, 0.15) is 6.92 Å². The molecule has 1 aromatic carbocycles. The maximum atomic E-state index is 11.9. The van der Waals surface area contributed by atoms with Crippen molar-refractivity contribution in [2.45, 2.75) is 19.6 Å². The quantitative estimate of drug-likeness (QED) is 0.898. The van der Waals surface area contributed by atoms with E-state index < -0.39 is 18.6 Å². The number of hydrogen-bond donors (Lipinski definition) is 2. The SMILES string of the molecule is CC(N)C(=O)Nc1ccc(OC(F)F)c(Cl)c1.Cl. The second-order valence-corrected chi connectivity index (χ2v) is 3.71. The monoisotopic (exact) mass is 300 g/mol. The maximum absolute atomic E-state index is 11.9. The van der Waals surface area contributed by atoms with Gasteiger partial charge in [-0.15, -0.1) is 12.4 Å². The summed E-state index contributed by atoms with van der Waals surface area (Å²) in [6.07, 6.45) is 0. The van der Waals surface area contributed by atoms with Crippen LogP contribution in [0.15, 0.2) is 18.2 Å². The van der Waals surface area contributed by atoms with E-state index in [4.69, 9.17) is 17.3 Å². The Balaban J connectivity index is 0.00000289. The first-order valence-electron chi connectivity index (χ1n) is 4.71. The molecule has 3 N–H and O–H groups in total. The molecule has 0 aliphatic rings. The van der Waals surface area contributed by atoms with E-state index in [1.165, 1.54) is 25.1 Å². The Labute approximate surface area is 114 Å². The standard InChI is InChI=1S/C10H11ClF2N2O2.ClH/c1-5(14)9(16)15-6-2-3-8(7(11)4-6)17-10(12)13;/h2-5,10H,14H2,1H3,(H,15,16);1H. The molecule has 0 fully saturated rings. The number of anilines is 1. The predicted octanol–water partition coefficient (Wildman–Crippen LogP) is 2.65. The first-order valence-corrected chi connectivity index (χ1v) is 5.08. The highest BCUT2D eigenvalue weighted by Gasteiger charge is 2.11. The van der Waals surface area contributed by atoms with Crippen LogP contribution in [-0.4, -0.2) is 18.6 Å². The Morgan fingerprint density at radius 3 is 2.56 bits per heavy atom. The number of ether oxygens (including phenoxy) is 1. The molecule has 0 aliphatic heterocycles. The lowest BCUT2D eigenvalue weighted by Gasteiger charge is -2.10. The number of carbonyl (C=O) groups is 1. The van der Waals surface area contributed by atoms with Crippen molar-refractivity contribution >= 4 is 35.6 Å². The minimum atomic E-state index is -2.95. The molecule has 18 heavy (non-hydrogen) atoms. The number of rotatable bonds is 4. The van der Waals surface area contributed by atoms with E-state index in [1.807, 2.05) is 0 Å². The van der Waals surface area contributed by atoms with Crippen molar-refractivity contribution in [2.24, 2.45) is 5.73 Å². The molecule has 1 unspecified atom stereocenters. The van der Waals surface area contributed by atoms with E-state index in [0.29, 0.717) is 5.69 Å². The van der Waals surface area contributed by atoms with Gasteiger partial charge in [0.2, 0.25) is 5.91 Å². The molecule has 1 amide bonds. The third-order valence-electron chi connectivity index (χ3n) is 1.83. The summed E-state index contributed by atoms with van der Waals surface area (Å²) in [4.78, 5) is 11.3. The summed E-state index contributed by atoms with van der Waals surface area (Å²) in [6, 6.07) is 3.26. The summed E-state index contributed by atoms with van der Waals surface area (Å²) in [5.41, 5.74) is 5.71. The van der Waals surface area contributed by atoms with Crippen molar-refractivity contribution in [3.05, 3.63) is 23.2 Å². The Hall–Kier alpha value is -1.11. The smallest absolute Gasteiger partial charge is 0.387 e. The van der Waals surface area contributed by atoms with Crippen LogP contribution in [0.5, 0.6) is 5.75 Å². The normalized spacial score (nSPS) is 11.7. The predicted molar refractivity (Wildman–Crippen MR) is 67.6 cm³/mol. The average Bonchev–Trinajstić information content (AvgIpc) is 2.21. The van der Waals surface area contributed by atoms with Crippen LogP contribution >= 0.6 is 24.0 Å². The van der Waals surface area contributed by atoms with Gasteiger partial charge in [-0.05, 0) is 25.1 Å². The van der Waals surface area contributed by atoms with E-state index >= 15 is 0 Å². The molecule has 8 heteroatoms. The Morgan fingerprint density at radius 2 is 2.11 bits per heavy atom. The van der Waals surface area contributed by atoms with Gasteiger partial charge in [-0.3, -0.25) is 4.79 Å². The van der Waals surface area contributed by atoms with E-state index in [1.54, 1.807) is 0 Å². The maximum Gasteiger partial charge on any atom is 0.387 e. The summed E-state index contributed by atoms with van der Waals surface area (Å²) in [5.74, 6) is -0.552. The first kappa shape index (κ1) is 16.9. The molecule has 102 valence electrons. The van der Waals surface area contributed by atoms with Crippen LogP contribution in [-0.2, 0) is 4.79 Å². The Morgan fingerprint density at radius 1 is 1.50 bits per heavy atom. The molecule has 0 aliphatic carbocycles. The number of hydrogen-bond acceptors (Lipinski definition) is 3. The molecule has 0 saturated heterocycles. The molecule has 0 aromatic heterocycles. The molecule has 0 spiro atoms. The fourth-order valence-electron chi connectivity index (χ4n) is 1.03. The van der Waals surface area contributed by atoms with Gasteiger partial charge >= 0.3 is 6.61 Å². The zero-order chi connectivity index (χ0) is 13.0.